The smallest absolute Gasteiger partial charge is 0.227 e. The SMILES string of the molecule is CCNC(=NCCC(=O)Nc1ccc(C)cn1)N1CCC(Cc2ccccc2)C1. The normalized spacial score (nSPS) is 16.7. The van der Waals surface area contributed by atoms with E-state index in [1.807, 2.05) is 19.1 Å². The van der Waals surface area contributed by atoms with Crippen molar-refractivity contribution in [3.05, 3.63) is 59.8 Å². The summed E-state index contributed by atoms with van der Waals surface area (Å²) < 4.78 is 0. The summed E-state index contributed by atoms with van der Waals surface area (Å²) in [6.45, 7) is 7.32. The molecule has 0 aliphatic carbocycles. The number of amides is 1. The Labute approximate surface area is 173 Å². The lowest BCUT2D eigenvalue weighted by molar-refractivity contribution is -0.116. The van der Waals surface area contributed by atoms with Crippen LogP contribution < -0.4 is 10.6 Å². The molecular weight excluding hydrogens is 362 g/mol. The Morgan fingerprint density at radius 3 is 2.79 bits per heavy atom. The summed E-state index contributed by atoms with van der Waals surface area (Å²) in [4.78, 5) is 23.4. The standard InChI is InChI=1S/C23H31N5O/c1-3-24-23(25-13-11-22(29)27-21-10-9-18(2)16-26-21)28-14-12-20(17-28)15-19-7-5-4-6-8-19/h4-10,16,20H,3,11-15,17H2,1-2H3,(H,24,25)(H,26,27,29). The van der Waals surface area contributed by atoms with Crippen molar-refractivity contribution in [2.75, 3.05) is 31.5 Å². The van der Waals surface area contributed by atoms with E-state index in [4.69, 9.17) is 0 Å². The van der Waals surface area contributed by atoms with Gasteiger partial charge in [0.25, 0.3) is 0 Å². The highest BCUT2D eigenvalue weighted by Crippen LogP contribution is 2.21. The van der Waals surface area contributed by atoms with Crippen LogP contribution in [0.3, 0.4) is 0 Å². The minimum atomic E-state index is -0.0654. The summed E-state index contributed by atoms with van der Waals surface area (Å²) in [6, 6.07) is 14.4. The van der Waals surface area contributed by atoms with E-state index >= 15 is 0 Å². The molecule has 1 aliphatic rings. The first-order valence-electron chi connectivity index (χ1n) is 10.4. The third-order valence-corrected chi connectivity index (χ3v) is 5.07. The first kappa shape index (κ1) is 20.8. The van der Waals surface area contributed by atoms with Gasteiger partial charge in [0, 0.05) is 32.3 Å². The number of aryl methyl sites for hydroxylation is 1. The van der Waals surface area contributed by atoms with Crippen molar-refractivity contribution in [1.82, 2.24) is 15.2 Å². The molecule has 0 saturated carbocycles. The van der Waals surface area contributed by atoms with Gasteiger partial charge in [-0.2, -0.15) is 0 Å². The summed E-state index contributed by atoms with van der Waals surface area (Å²) in [5.41, 5.74) is 2.46. The van der Waals surface area contributed by atoms with Gasteiger partial charge in [-0.1, -0.05) is 36.4 Å². The first-order valence-corrected chi connectivity index (χ1v) is 10.4. The monoisotopic (exact) mass is 393 g/mol. The molecule has 29 heavy (non-hydrogen) atoms. The van der Waals surface area contributed by atoms with Crippen molar-refractivity contribution in [2.24, 2.45) is 10.9 Å². The summed E-state index contributed by atoms with van der Waals surface area (Å²) in [5, 5.41) is 6.20. The second kappa shape index (κ2) is 10.6. The van der Waals surface area contributed by atoms with Gasteiger partial charge in [-0.15, -0.1) is 0 Å². The van der Waals surface area contributed by atoms with Gasteiger partial charge in [-0.3, -0.25) is 9.79 Å². The maximum Gasteiger partial charge on any atom is 0.227 e. The van der Waals surface area contributed by atoms with E-state index in [-0.39, 0.29) is 5.91 Å². The average Bonchev–Trinajstić information content (AvgIpc) is 3.18. The molecular formula is C23H31N5O. The van der Waals surface area contributed by atoms with E-state index < -0.39 is 0 Å². The molecule has 1 amide bonds. The number of hydrogen-bond donors (Lipinski definition) is 2. The van der Waals surface area contributed by atoms with Gasteiger partial charge in [-0.05, 0) is 49.8 Å². The Bertz CT molecular complexity index is 804. The molecule has 154 valence electrons. The molecule has 3 rings (SSSR count). The van der Waals surface area contributed by atoms with Gasteiger partial charge >= 0.3 is 0 Å². The number of nitrogens with one attached hydrogen (secondary N) is 2. The number of aromatic nitrogens is 1. The van der Waals surface area contributed by atoms with E-state index in [0.717, 1.165) is 37.6 Å². The summed E-state index contributed by atoms with van der Waals surface area (Å²) in [6.07, 6.45) is 4.35. The summed E-state index contributed by atoms with van der Waals surface area (Å²) in [5.74, 6) is 2.06. The molecule has 1 saturated heterocycles. The molecule has 1 atom stereocenters. The minimum absolute atomic E-state index is 0.0654. The molecule has 0 spiro atoms. The molecule has 1 aliphatic heterocycles. The number of aliphatic imine (C=N–C) groups is 1. The van der Waals surface area contributed by atoms with E-state index in [2.05, 4.69) is 62.8 Å². The van der Waals surface area contributed by atoms with Gasteiger partial charge in [-0.25, -0.2) is 4.98 Å². The lowest BCUT2D eigenvalue weighted by Gasteiger charge is -2.21. The maximum absolute atomic E-state index is 12.2. The number of benzene rings is 1. The van der Waals surface area contributed by atoms with Crippen molar-refractivity contribution in [3.8, 4) is 0 Å². The number of likely N-dealkylation sites (tertiary alicyclic amines) is 1. The van der Waals surface area contributed by atoms with Gasteiger partial charge in [0.1, 0.15) is 5.82 Å². The fourth-order valence-corrected chi connectivity index (χ4v) is 3.58. The number of nitrogens with zero attached hydrogens (tertiary/aromatic N) is 3. The summed E-state index contributed by atoms with van der Waals surface area (Å²) in [7, 11) is 0. The fraction of sp³-hybridized carbons (Fsp3) is 0.435. The highest BCUT2D eigenvalue weighted by Gasteiger charge is 2.24. The number of carbonyl (C=O) groups is 1. The predicted octanol–water partition coefficient (Wildman–Crippen LogP) is 3.25. The molecule has 1 aromatic carbocycles. The van der Waals surface area contributed by atoms with Crippen LogP contribution >= 0.6 is 0 Å². The van der Waals surface area contributed by atoms with Crippen LogP contribution in [0.15, 0.2) is 53.7 Å². The average molecular weight is 394 g/mol. The van der Waals surface area contributed by atoms with E-state index in [9.17, 15) is 4.79 Å². The fourth-order valence-electron chi connectivity index (χ4n) is 3.58. The number of pyridine rings is 1. The zero-order chi connectivity index (χ0) is 20.5. The number of guanidine groups is 1. The van der Waals surface area contributed by atoms with Crippen molar-refractivity contribution in [1.29, 1.82) is 0 Å². The van der Waals surface area contributed by atoms with Gasteiger partial charge in [0.15, 0.2) is 5.96 Å². The zero-order valence-electron chi connectivity index (χ0n) is 17.4. The number of anilines is 1. The van der Waals surface area contributed by atoms with Crippen LogP contribution in [0.1, 0.15) is 30.9 Å². The molecule has 1 unspecified atom stereocenters. The molecule has 2 aromatic rings. The van der Waals surface area contributed by atoms with Crippen molar-refractivity contribution in [2.45, 2.75) is 33.1 Å². The van der Waals surface area contributed by atoms with E-state index in [0.29, 0.717) is 24.7 Å². The minimum Gasteiger partial charge on any atom is -0.357 e. The molecule has 0 bridgehead atoms. The molecule has 6 nitrogen and oxygen atoms in total. The Kier molecular flexibility index (Phi) is 7.61. The Morgan fingerprint density at radius 1 is 1.24 bits per heavy atom. The Hall–Kier alpha value is -2.89. The lowest BCUT2D eigenvalue weighted by Crippen LogP contribution is -2.40. The first-order chi connectivity index (χ1) is 14.1. The number of carbonyl (C=O) groups excluding carboxylic acids is 1. The van der Waals surface area contributed by atoms with Gasteiger partial charge in [0.2, 0.25) is 5.91 Å². The topological polar surface area (TPSA) is 69.6 Å². The van der Waals surface area contributed by atoms with E-state index in [1.54, 1.807) is 6.20 Å². The van der Waals surface area contributed by atoms with Crippen LogP contribution in [0.25, 0.3) is 0 Å². The van der Waals surface area contributed by atoms with Crippen molar-refractivity contribution >= 4 is 17.7 Å². The maximum atomic E-state index is 12.2. The highest BCUT2D eigenvalue weighted by atomic mass is 16.1. The summed E-state index contributed by atoms with van der Waals surface area (Å²) >= 11 is 0. The lowest BCUT2D eigenvalue weighted by atomic mass is 9.99. The van der Waals surface area contributed by atoms with Crippen LogP contribution in [0.4, 0.5) is 5.82 Å². The zero-order valence-corrected chi connectivity index (χ0v) is 17.4. The Morgan fingerprint density at radius 2 is 2.07 bits per heavy atom. The van der Waals surface area contributed by atoms with Crippen LogP contribution in [0.5, 0.6) is 0 Å². The second-order valence-corrected chi connectivity index (χ2v) is 7.55. The molecule has 0 radical (unpaired) electrons. The number of hydrogen-bond acceptors (Lipinski definition) is 3. The van der Waals surface area contributed by atoms with Crippen molar-refractivity contribution in [3.63, 3.8) is 0 Å². The van der Waals surface area contributed by atoms with Gasteiger partial charge < -0.3 is 15.5 Å². The highest BCUT2D eigenvalue weighted by molar-refractivity contribution is 5.90. The largest absolute Gasteiger partial charge is 0.357 e. The molecule has 2 N–H and O–H groups in total. The van der Waals surface area contributed by atoms with Crippen LogP contribution in [0, 0.1) is 12.8 Å². The Balaban J connectivity index is 1.49. The third kappa shape index (κ3) is 6.59. The molecule has 6 heteroatoms. The second-order valence-electron chi connectivity index (χ2n) is 7.55. The predicted molar refractivity (Wildman–Crippen MR) is 118 cm³/mol. The van der Waals surface area contributed by atoms with Gasteiger partial charge in [0.05, 0.1) is 6.54 Å². The van der Waals surface area contributed by atoms with Crippen LogP contribution in [-0.4, -0.2) is 47.9 Å². The third-order valence-electron chi connectivity index (χ3n) is 5.07. The van der Waals surface area contributed by atoms with Crippen molar-refractivity contribution < 1.29 is 4.79 Å². The van der Waals surface area contributed by atoms with E-state index in [1.165, 1.54) is 12.0 Å². The molecule has 1 fully saturated rings. The van der Waals surface area contributed by atoms with Crippen LogP contribution in [-0.2, 0) is 11.2 Å². The molecule has 2 heterocycles. The van der Waals surface area contributed by atoms with Crippen LogP contribution in [0.2, 0.25) is 0 Å². The quantitative estimate of drug-likeness (QED) is 0.560. The number of rotatable bonds is 7. The molecule has 1 aromatic heterocycles.